The van der Waals surface area contributed by atoms with E-state index in [0.29, 0.717) is 17.5 Å². The number of nitrogen functional groups attached to an aromatic ring is 1. The van der Waals surface area contributed by atoms with Crippen LogP contribution in [0, 0.1) is 6.92 Å². The van der Waals surface area contributed by atoms with Crippen LogP contribution in [0.2, 0.25) is 0 Å². The molecule has 0 saturated heterocycles. The van der Waals surface area contributed by atoms with Crippen molar-refractivity contribution in [2.75, 3.05) is 23.9 Å². The number of nitrogens with one attached hydrogen (secondary N) is 2. The van der Waals surface area contributed by atoms with Gasteiger partial charge in [-0.25, -0.2) is 15.8 Å². The standard InChI is InChI=1S/C8H15N5O2/c1-5-11-7(2-8(12-5)13-9)10-3-6(15)4-14/h2,6,14-15H,3-4,9H2,1H3,(H2,10,11,12,13). The van der Waals surface area contributed by atoms with Crippen LogP contribution in [0.4, 0.5) is 11.6 Å². The topological polar surface area (TPSA) is 116 Å². The normalized spacial score (nSPS) is 12.3. The van der Waals surface area contributed by atoms with Gasteiger partial charge in [0.2, 0.25) is 0 Å². The molecule has 0 aliphatic heterocycles. The molecule has 84 valence electrons. The zero-order chi connectivity index (χ0) is 11.3. The first-order valence-electron chi connectivity index (χ1n) is 4.50. The average Bonchev–Trinajstić information content (AvgIpc) is 2.25. The number of hydrogen-bond acceptors (Lipinski definition) is 7. The summed E-state index contributed by atoms with van der Waals surface area (Å²) < 4.78 is 0. The van der Waals surface area contributed by atoms with Crippen LogP contribution >= 0.6 is 0 Å². The summed E-state index contributed by atoms with van der Waals surface area (Å²) in [5.74, 6) is 6.81. The molecule has 1 aromatic rings. The fourth-order valence-corrected chi connectivity index (χ4v) is 1.02. The van der Waals surface area contributed by atoms with Crippen LogP contribution in [0.25, 0.3) is 0 Å². The van der Waals surface area contributed by atoms with Crippen LogP contribution in [0.3, 0.4) is 0 Å². The predicted molar refractivity (Wildman–Crippen MR) is 56.2 cm³/mol. The molecule has 1 rings (SSSR count). The molecule has 0 aliphatic carbocycles. The van der Waals surface area contributed by atoms with E-state index in [1.807, 2.05) is 0 Å². The smallest absolute Gasteiger partial charge is 0.145 e. The number of aryl methyl sites for hydroxylation is 1. The Balaban J connectivity index is 2.64. The Bertz CT molecular complexity index is 320. The van der Waals surface area contributed by atoms with E-state index in [4.69, 9.17) is 16.1 Å². The SMILES string of the molecule is Cc1nc(NN)cc(NCC(O)CO)n1. The van der Waals surface area contributed by atoms with Gasteiger partial charge in [0.1, 0.15) is 17.5 Å². The zero-order valence-corrected chi connectivity index (χ0v) is 8.44. The summed E-state index contributed by atoms with van der Waals surface area (Å²) in [5.41, 5.74) is 2.41. The van der Waals surface area contributed by atoms with Gasteiger partial charge in [-0.15, -0.1) is 0 Å². The third-order valence-corrected chi connectivity index (χ3v) is 1.72. The Kier molecular flexibility index (Phi) is 4.22. The number of aromatic nitrogens is 2. The summed E-state index contributed by atoms with van der Waals surface area (Å²) >= 11 is 0. The lowest BCUT2D eigenvalue weighted by atomic mass is 10.4. The largest absolute Gasteiger partial charge is 0.394 e. The van der Waals surface area contributed by atoms with Crippen molar-refractivity contribution in [2.45, 2.75) is 13.0 Å². The van der Waals surface area contributed by atoms with Crippen LogP contribution in [0.5, 0.6) is 0 Å². The molecule has 0 saturated carbocycles. The van der Waals surface area contributed by atoms with Gasteiger partial charge in [-0.2, -0.15) is 0 Å². The van der Waals surface area contributed by atoms with Crippen molar-refractivity contribution in [1.82, 2.24) is 9.97 Å². The Morgan fingerprint density at radius 3 is 2.73 bits per heavy atom. The third kappa shape index (κ3) is 3.66. The molecule has 0 fully saturated rings. The van der Waals surface area contributed by atoms with Gasteiger partial charge in [-0.05, 0) is 6.92 Å². The van der Waals surface area contributed by atoms with Crippen molar-refractivity contribution >= 4 is 11.6 Å². The van der Waals surface area contributed by atoms with Gasteiger partial charge in [-0.1, -0.05) is 0 Å². The molecule has 6 N–H and O–H groups in total. The molecule has 1 atom stereocenters. The van der Waals surface area contributed by atoms with Gasteiger partial charge in [-0.3, -0.25) is 0 Å². The monoisotopic (exact) mass is 213 g/mol. The van der Waals surface area contributed by atoms with Crippen molar-refractivity contribution in [3.05, 3.63) is 11.9 Å². The van der Waals surface area contributed by atoms with E-state index in [9.17, 15) is 0 Å². The van der Waals surface area contributed by atoms with Crippen molar-refractivity contribution in [3.63, 3.8) is 0 Å². The van der Waals surface area contributed by atoms with Crippen LogP contribution < -0.4 is 16.6 Å². The molecule has 0 aliphatic rings. The lowest BCUT2D eigenvalue weighted by molar-refractivity contribution is 0.105. The number of hydrazine groups is 1. The van der Waals surface area contributed by atoms with Crippen LogP contribution in [0.15, 0.2) is 6.07 Å². The maximum absolute atomic E-state index is 9.12. The van der Waals surface area contributed by atoms with Gasteiger partial charge in [0.25, 0.3) is 0 Å². The van der Waals surface area contributed by atoms with E-state index in [1.54, 1.807) is 13.0 Å². The molecule has 0 aromatic carbocycles. The molecule has 0 bridgehead atoms. The molecular weight excluding hydrogens is 198 g/mol. The number of aliphatic hydroxyl groups is 2. The number of aliphatic hydroxyl groups excluding tert-OH is 2. The maximum atomic E-state index is 9.12. The van der Waals surface area contributed by atoms with Crippen LogP contribution in [0.1, 0.15) is 5.82 Å². The molecule has 0 amide bonds. The van der Waals surface area contributed by atoms with Gasteiger partial charge < -0.3 is 21.0 Å². The van der Waals surface area contributed by atoms with E-state index in [0.717, 1.165) is 0 Å². The molecule has 0 radical (unpaired) electrons. The van der Waals surface area contributed by atoms with Crippen LogP contribution in [-0.2, 0) is 0 Å². The van der Waals surface area contributed by atoms with E-state index < -0.39 is 6.10 Å². The second kappa shape index (κ2) is 5.44. The van der Waals surface area contributed by atoms with Crippen molar-refractivity contribution < 1.29 is 10.2 Å². The third-order valence-electron chi connectivity index (χ3n) is 1.72. The Labute approximate surface area is 87.3 Å². The summed E-state index contributed by atoms with van der Waals surface area (Å²) in [6.07, 6.45) is -0.811. The minimum absolute atomic E-state index is 0.219. The molecule has 7 heteroatoms. The highest BCUT2D eigenvalue weighted by atomic mass is 16.3. The summed E-state index contributed by atoms with van der Waals surface area (Å²) in [6, 6.07) is 1.61. The summed E-state index contributed by atoms with van der Waals surface area (Å²) in [7, 11) is 0. The molecule has 1 unspecified atom stereocenters. The minimum Gasteiger partial charge on any atom is -0.394 e. The lowest BCUT2D eigenvalue weighted by Gasteiger charge is -2.10. The number of nitrogens with two attached hydrogens (primary N) is 1. The number of rotatable bonds is 5. The number of anilines is 2. The molecule has 1 heterocycles. The van der Waals surface area contributed by atoms with Gasteiger partial charge in [0, 0.05) is 12.6 Å². The van der Waals surface area contributed by atoms with Crippen molar-refractivity contribution in [1.29, 1.82) is 0 Å². The first-order valence-corrected chi connectivity index (χ1v) is 4.50. The maximum Gasteiger partial charge on any atom is 0.145 e. The quantitative estimate of drug-likeness (QED) is 0.309. The first-order chi connectivity index (χ1) is 7.15. The average molecular weight is 213 g/mol. The minimum atomic E-state index is -0.811. The molecule has 15 heavy (non-hydrogen) atoms. The highest BCUT2D eigenvalue weighted by molar-refractivity contribution is 5.46. The molecular formula is C8H15N5O2. The first kappa shape index (κ1) is 11.6. The summed E-state index contributed by atoms with van der Waals surface area (Å²) in [6.45, 7) is 1.66. The molecule has 7 nitrogen and oxygen atoms in total. The Morgan fingerprint density at radius 1 is 1.47 bits per heavy atom. The predicted octanol–water partition coefficient (Wildman–Crippen LogP) is -1.16. The summed E-state index contributed by atoms with van der Waals surface area (Å²) in [5, 5.41) is 20.6. The Morgan fingerprint density at radius 2 is 2.13 bits per heavy atom. The Hall–Kier alpha value is -1.44. The fourth-order valence-electron chi connectivity index (χ4n) is 1.02. The van der Waals surface area contributed by atoms with Gasteiger partial charge >= 0.3 is 0 Å². The van der Waals surface area contributed by atoms with Crippen molar-refractivity contribution in [3.8, 4) is 0 Å². The van der Waals surface area contributed by atoms with E-state index >= 15 is 0 Å². The van der Waals surface area contributed by atoms with E-state index in [-0.39, 0.29) is 13.2 Å². The fraction of sp³-hybridized carbons (Fsp3) is 0.500. The van der Waals surface area contributed by atoms with Gasteiger partial charge in [0.15, 0.2) is 0 Å². The van der Waals surface area contributed by atoms with Gasteiger partial charge in [0.05, 0.1) is 12.7 Å². The van der Waals surface area contributed by atoms with E-state index in [1.165, 1.54) is 0 Å². The highest BCUT2D eigenvalue weighted by Gasteiger charge is 2.04. The highest BCUT2D eigenvalue weighted by Crippen LogP contribution is 2.09. The number of hydrogen-bond donors (Lipinski definition) is 5. The summed E-state index contributed by atoms with van der Waals surface area (Å²) in [4.78, 5) is 8.08. The second-order valence-corrected chi connectivity index (χ2v) is 3.05. The number of nitrogens with zero attached hydrogens (tertiary/aromatic N) is 2. The lowest BCUT2D eigenvalue weighted by Crippen LogP contribution is -2.23. The van der Waals surface area contributed by atoms with Crippen molar-refractivity contribution in [2.24, 2.45) is 5.84 Å². The van der Waals surface area contributed by atoms with E-state index in [2.05, 4.69) is 20.7 Å². The molecule has 1 aromatic heterocycles. The second-order valence-electron chi connectivity index (χ2n) is 3.05. The van der Waals surface area contributed by atoms with Crippen LogP contribution in [-0.4, -0.2) is 39.4 Å². The molecule has 0 spiro atoms. The zero-order valence-electron chi connectivity index (χ0n) is 8.44.